The van der Waals surface area contributed by atoms with E-state index in [1.807, 2.05) is 6.07 Å². The topological polar surface area (TPSA) is 98.7 Å². The summed E-state index contributed by atoms with van der Waals surface area (Å²) in [5.74, 6) is 0.303. The van der Waals surface area contributed by atoms with Crippen LogP contribution in [0.3, 0.4) is 0 Å². The molecule has 0 bridgehead atoms. The number of nitrogens with zero attached hydrogens (tertiary/aromatic N) is 4. The summed E-state index contributed by atoms with van der Waals surface area (Å²) in [7, 11) is 0. The number of carbonyl (C=O) groups is 1. The van der Waals surface area contributed by atoms with Gasteiger partial charge in [-0.3, -0.25) is 4.79 Å². The number of nitrogens with two attached hydrogens (primary N) is 1. The second-order valence-electron chi connectivity index (χ2n) is 4.21. The lowest BCUT2D eigenvalue weighted by molar-refractivity contribution is -0.116. The Kier molecular flexibility index (Phi) is 5.19. The third-order valence-electron chi connectivity index (χ3n) is 2.52. The first-order valence-electron chi connectivity index (χ1n) is 6.18. The van der Waals surface area contributed by atoms with Crippen LogP contribution in [-0.4, -0.2) is 32.4 Å². The van der Waals surface area contributed by atoms with Crippen molar-refractivity contribution >= 4 is 27.7 Å². The van der Waals surface area contributed by atoms with Crippen molar-refractivity contribution in [2.45, 2.75) is 19.4 Å². The normalized spacial score (nSPS) is 10.5. The number of hydrogen-bond acceptors (Lipinski definition) is 5. The van der Waals surface area contributed by atoms with Crippen LogP contribution in [0.25, 0.3) is 0 Å². The molecular formula is C12H15BrN6O. The van der Waals surface area contributed by atoms with Crippen LogP contribution in [0, 0.1) is 0 Å². The number of anilines is 1. The lowest BCUT2D eigenvalue weighted by Gasteiger charge is -2.03. The zero-order valence-corrected chi connectivity index (χ0v) is 12.4. The van der Waals surface area contributed by atoms with E-state index < -0.39 is 0 Å². The van der Waals surface area contributed by atoms with Crippen molar-refractivity contribution in [2.75, 3.05) is 11.9 Å². The number of rotatable bonds is 6. The van der Waals surface area contributed by atoms with Crippen LogP contribution in [0.4, 0.5) is 5.82 Å². The van der Waals surface area contributed by atoms with Crippen molar-refractivity contribution in [1.29, 1.82) is 0 Å². The highest BCUT2D eigenvalue weighted by molar-refractivity contribution is 9.10. The maximum absolute atomic E-state index is 11.8. The summed E-state index contributed by atoms with van der Waals surface area (Å²) in [6.45, 7) is 0.718. The molecule has 0 saturated heterocycles. The van der Waals surface area contributed by atoms with Crippen molar-refractivity contribution in [1.82, 2.24) is 20.0 Å². The number of halogens is 1. The Hall–Kier alpha value is -1.80. The van der Waals surface area contributed by atoms with Crippen molar-refractivity contribution in [3.63, 3.8) is 0 Å². The Labute approximate surface area is 124 Å². The van der Waals surface area contributed by atoms with Gasteiger partial charge in [0.2, 0.25) is 5.91 Å². The Balaban J connectivity index is 1.87. The summed E-state index contributed by atoms with van der Waals surface area (Å²) in [6.07, 6.45) is 5.00. The number of carbonyl (C=O) groups excluding carboxylic acids is 1. The fourth-order valence-electron chi connectivity index (χ4n) is 1.59. The van der Waals surface area contributed by atoms with E-state index in [2.05, 4.69) is 36.5 Å². The number of aryl methyl sites for hydroxylation is 1. The predicted molar refractivity (Wildman–Crippen MR) is 78.0 cm³/mol. The van der Waals surface area contributed by atoms with Crippen molar-refractivity contribution in [3.05, 3.63) is 34.7 Å². The first-order chi connectivity index (χ1) is 9.67. The molecule has 1 amide bonds. The molecule has 0 fully saturated rings. The maximum atomic E-state index is 11.8. The van der Waals surface area contributed by atoms with Gasteiger partial charge in [-0.25, -0.2) is 9.67 Å². The van der Waals surface area contributed by atoms with Crippen LogP contribution in [0.1, 0.15) is 12.1 Å². The molecule has 2 rings (SSSR count). The fourth-order valence-corrected chi connectivity index (χ4v) is 1.83. The molecule has 20 heavy (non-hydrogen) atoms. The van der Waals surface area contributed by atoms with Gasteiger partial charge < -0.3 is 11.1 Å². The van der Waals surface area contributed by atoms with Crippen molar-refractivity contribution < 1.29 is 4.79 Å². The highest BCUT2D eigenvalue weighted by atomic mass is 79.9. The summed E-state index contributed by atoms with van der Waals surface area (Å²) in [6, 6.07) is 3.53. The Morgan fingerprint density at radius 2 is 2.30 bits per heavy atom. The van der Waals surface area contributed by atoms with Gasteiger partial charge in [0.15, 0.2) is 0 Å². The summed E-state index contributed by atoms with van der Waals surface area (Å²) in [5, 5.41) is 10.6. The minimum Gasteiger partial charge on any atom is -0.330 e. The molecule has 0 radical (unpaired) electrons. The molecule has 0 saturated carbocycles. The van der Waals surface area contributed by atoms with Crippen molar-refractivity contribution in [3.8, 4) is 0 Å². The number of hydrogen-bond donors (Lipinski definition) is 2. The molecule has 0 atom stereocenters. The first-order valence-corrected chi connectivity index (χ1v) is 6.97. The summed E-state index contributed by atoms with van der Waals surface area (Å²) in [5.41, 5.74) is 6.27. The second kappa shape index (κ2) is 7.11. The van der Waals surface area contributed by atoms with Gasteiger partial charge in [-0.1, -0.05) is 5.21 Å². The second-order valence-corrected chi connectivity index (χ2v) is 5.13. The number of nitrogens with one attached hydrogen (secondary N) is 1. The van der Waals surface area contributed by atoms with Gasteiger partial charge in [-0.15, -0.1) is 5.10 Å². The van der Waals surface area contributed by atoms with E-state index in [0.717, 1.165) is 23.0 Å². The van der Waals surface area contributed by atoms with Gasteiger partial charge in [-0.05, 0) is 47.4 Å². The van der Waals surface area contributed by atoms with Crippen LogP contribution >= 0.6 is 15.9 Å². The molecule has 0 aliphatic carbocycles. The first kappa shape index (κ1) is 14.6. The molecule has 0 spiro atoms. The van der Waals surface area contributed by atoms with E-state index in [1.165, 1.54) is 4.68 Å². The highest BCUT2D eigenvalue weighted by Crippen LogP contribution is 2.10. The predicted octanol–water partition coefficient (Wildman–Crippen LogP) is 0.966. The number of aromatic nitrogens is 4. The average molecular weight is 339 g/mol. The average Bonchev–Trinajstić information content (AvgIpc) is 2.86. The minimum atomic E-state index is -0.199. The van der Waals surface area contributed by atoms with Crippen LogP contribution in [0.15, 0.2) is 29.0 Å². The Morgan fingerprint density at radius 3 is 3.00 bits per heavy atom. The lowest BCUT2D eigenvalue weighted by Crippen LogP contribution is -2.19. The molecule has 0 aliphatic heterocycles. The molecule has 2 aromatic heterocycles. The van der Waals surface area contributed by atoms with Gasteiger partial charge in [0.1, 0.15) is 12.4 Å². The largest absolute Gasteiger partial charge is 0.330 e. The van der Waals surface area contributed by atoms with E-state index >= 15 is 0 Å². The van der Waals surface area contributed by atoms with Crippen LogP contribution in [-0.2, 0) is 17.8 Å². The molecule has 7 nitrogen and oxygen atoms in total. The van der Waals surface area contributed by atoms with Gasteiger partial charge in [0.25, 0.3) is 0 Å². The Morgan fingerprint density at radius 1 is 1.45 bits per heavy atom. The zero-order chi connectivity index (χ0) is 14.4. The van der Waals surface area contributed by atoms with E-state index in [-0.39, 0.29) is 12.5 Å². The molecule has 0 aromatic carbocycles. The highest BCUT2D eigenvalue weighted by Gasteiger charge is 2.07. The summed E-state index contributed by atoms with van der Waals surface area (Å²) in [4.78, 5) is 15.9. The molecule has 8 heteroatoms. The van der Waals surface area contributed by atoms with Gasteiger partial charge in [0, 0.05) is 16.9 Å². The monoisotopic (exact) mass is 338 g/mol. The number of pyridine rings is 1. The SMILES string of the molecule is NCCCc1cn(CC(=O)Nc2ccc(Br)cn2)nn1. The summed E-state index contributed by atoms with van der Waals surface area (Å²) >= 11 is 3.28. The molecule has 2 heterocycles. The van der Waals surface area contributed by atoms with Crippen molar-refractivity contribution in [2.24, 2.45) is 5.73 Å². The molecule has 2 aromatic rings. The third kappa shape index (κ3) is 4.39. The van der Waals surface area contributed by atoms with Crippen LogP contribution in [0.2, 0.25) is 0 Å². The van der Waals surface area contributed by atoms with Gasteiger partial charge in [-0.2, -0.15) is 0 Å². The van der Waals surface area contributed by atoms with Gasteiger partial charge in [0.05, 0.1) is 5.69 Å². The lowest BCUT2D eigenvalue weighted by atomic mass is 10.2. The van der Waals surface area contributed by atoms with Crippen LogP contribution < -0.4 is 11.1 Å². The zero-order valence-electron chi connectivity index (χ0n) is 10.8. The van der Waals surface area contributed by atoms with E-state index in [4.69, 9.17) is 5.73 Å². The third-order valence-corrected chi connectivity index (χ3v) is 2.99. The standard InChI is InChI=1S/C12H15BrN6O/c13-9-3-4-11(15-6-9)16-12(20)8-19-7-10(17-18-19)2-1-5-14/h3-4,6-7H,1-2,5,8,14H2,(H,15,16,20). The van der Waals surface area contributed by atoms with E-state index in [0.29, 0.717) is 12.4 Å². The number of amides is 1. The molecular weight excluding hydrogens is 324 g/mol. The Bertz CT molecular complexity index is 568. The minimum absolute atomic E-state index is 0.105. The molecule has 3 N–H and O–H groups in total. The summed E-state index contributed by atoms with van der Waals surface area (Å²) < 4.78 is 2.36. The molecule has 106 valence electrons. The van der Waals surface area contributed by atoms with E-state index in [1.54, 1.807) is 18.5 Å². The quantitative estimate of drug-likeness (QED) is 0.817. The van der Waals surface area contributed by atoms with E-state index in [9.17, 15) is 4.79 Å². The molecule has 0 aliphatic rings. The molecule has 0 unspecified atom stereocenters. The maximum Gasteiger partial charge on any atom is 0.247 e. The fraction of sp³-hybridized carbons (Fsp3) is 0.333. The van der Waals surface area contributed by atoms with Gasteiger partial charge >= 0.3 is 0 Å². The smallest absolute Gasteiger partial charge is 0.247 e. The van der Waals surface area contributed by atoms with Crippen LogP contribution in [0.5, 0.6) is 0 Å².